The molecule has 162 valence electrons. The quantitative estimate of drug-likeness (QED) is 0.695. The van der Waals surface area contributed by atoms with Gasteiger partial charge in [-0.15, -0.1) is 0 Å². The molecule has 30 heavy (non-hydrogen) atoms. The molecule has 10 heteroatoms. The maximum Gasteiger partial charge on any atom is 0.416 e. The molecule has 2 aromatic rings. The minimum Gasteiger partial charge on any atom is -0.376 e. The number of benzene rings is 2. The number of anilines is 2. The van der Waals surface area contributed by atoms with Crippen molar-refractivity contribution in [2.45, 2.75) is 11.1 Å². The monoisotopic (exact) mass is 441 g/mol. The van der Waals surface area contributed by atoms with E-state index in [4.69, 9.17) is 0 Å². The number of sulfonamides is 1. The first-order valence-electron chi connectivity index (χ1n) is 8.72. The zero-order valence-corrected chi connectivity index (χ0v) is 17.7. The van der Waals surface area contributed by atoms with Crippen molar-refractivity contribution in [3.8, 4) is 0 Å². The van der Waals surface area contributed by atoms with Gasteiger partial charge in [0, 0.05) is 34.3 Å². The van der Waals surface area contributed by atoms with E-state index in [-0.39, 0.29) is 16.1 Å². The molecule has 0 unspecified atom stereocenters. The number of rotatable bonds is 6. The summed E-state index contributed by atoms with van der Waals surface area (Å²) in [6.07, 6.45) is -2.15. The molecule has 0 aromatic heterocycles. The second-order valence-corrected chi connectivity index (χ2v) is 8.96. The molecular formula is C20H22F3N3O3S. The van der Waals surface area contributed by atoms with Crippen molar-refractivity contribution in [3.63, 3.8) is 0 Å². The molecule has 0 aliphatic carbocycles. The molecule has 2 aromatic carbocycles. The van der Waals surface area contributed by atoms with Gasteiger partial charge in [-0.05, 0) is 42.0 Å². The van der Waals surface area contributed by atoms with Crippen molar-refractivity contribution in [1.29, 1.82) is 0 Å². The van der Waals surface area contributed by atoms with E-state index in [0.717, 1.165) is 22.5 Å². The van der Waals surface area contributed by atoms with Crippen LogP contribution in [0.15, 0.2) is 53.4 Å². The van der Waals surface area contributed by atoms with Gasteiger partial charge >= 0.3 is 6.18 Å². The number of nitrogens with zero attached hydrogens (tertiary/aromatic N) is 2. The molecule has 1 amide bonds. The Kier molecular flexibility index (Phi) is 6.94. The van der Waals surface area contributed by atoms with Gasteiger partial charge in [-0.1, -0.05) is 12.1 Å². The maximum atomic E-state index is 12.8. The molecule has 0 aliphatic rings. The van der Waals surface area contributed by atoms with Crippen molar-refractivity contribution in [1.82, 2.24) is 4.31 Å². The van der Waals surface area contributed by atoms with Crippen molar-refractivity contribution < 1.29 is 26.4 Å². The van der Waals surface area contributed by atoms with Gasteiger partial charge in [0.2, 0.25) is 15.9 Å². The molecule has 0 aliphatic heterocycles. The minimum absolute atomic E-state index is 0.00439. The van der Waals surface area contributed by atoms with Crippen LogP contribution in [0.1, 0.15) is 11.1 Å². The summed E-state index contributed by atoms with van der Waals surface area (Å²) < 4.78 is 64.2. The van der Waals surface area contributed by atoms with E-state index in [9.17, 15) is 26.4 Å². The van der Waals surface area contributed by atoms with Gasteiger partial charge in [0.05, 0.1) is 21.8 Å². The summed E-state index contributed by atoms with van der Waals surface area (Å²) in [5.41, 5.74) is 0.202. The van der Waals surface area contributed by atoms with Crippen LogP contribution in [0.5, 0.6) is 0 Å². The molecule has 0 bridgehead atoms. The first-order chi connectivity index (χ1) is 13.8. The van der Waals surface area contributed by atoms with Crippen LogP contribution in [-0.4, -0.2) is 46.8 Å². The van der Waals surface area contributed by atoms with Gasteiger partial charge in [-0.2, -0.15) is 13.2 Å². The SMILES string of the molecule is CN(C)c1ccc(S(=O)(=O)N(C)C)cc1NC(=O)/C=C/c1cccc(C(F)(F)F)c1. The highest BCUT2D eigenvalue weighted by atomic mass is 32.2. The third-order valence-electron chi connectivity index (χ3n) is 4.13. The third-order valence-corrected chi connectivity index (χ3v) is 5.94. The van der Waals surface area contributed by atoms with Crippen molar-refractivity contribution in [2.24, 2.45) is 0 Å². The average molecular weight is 441 g/mol. The molecule has 0 atom stereocenters. The fourth-order valence-corrected chi connectivity index (χ4v) is 3.47. The Labute approximate surface area is 173 Å². The highest BCUT2D eigenvalue weighted by Crippen LogP contribution is 2.30. The molecule has 2 rings (SSSR count). The summed E-state index contributed by atoms with van der Waals surface area (Å²) in [5.74, 6) is -0.616. The highest BCUT2D eigenvalue weighted by molar-refractivity contribution is 7.89. The lowest BCUT2D eigenvalue weighted by Crippen LogP contribution is -2.23. The van der Waals surface area contributed by atoms with Crippen LogP contribution >= 0.6 is 0 Å². The maximum absolute atomic E-state index is 12.8. The molecule has 0 heterocycles. The van der Waals surface area contributed by atoms with Crippen molar-refractivity contribution in [3.05, 3.63) is 59.7 Å². The van der Waals surface area contributed by atoms with Crippen molar-refractivity contribution in [2.75, 3.05) is 38.4 Å². The smallest absolute Gasteiger partial charge is 0.376 e. The molecule has 0 fully saturated rings. The van der Waals surface area contributed by atoms with Gasteiger partial charge in [0.15, 0.2) is 0 Å². The fraction of sp³-hybridized carbons (Fsp3) is 0.250. The number of carbonyl (C=O) groups is 1. The predicted octanol–water partition coefficient (Wildman–Crippen LogP) is 3.67. The zero-order chi connectivity index (χ0) is 22.7. The first-order valence-corrected chi connectivity index (χ1v) is 10.2. The largest absolute Gasteiger partial charge is 0.416 e. The summed E-state index contributed by atoms with van der Waals surface area (Å²) in [6.45, 7) is 0. The van der Waals surface area contributed by atoms with Crippen LogP contribution in [0.4, 0.5) is 24.5 Å². The van der Waals surface area contributed by atoms with E-state index >= 15 is 0 Å². The fourth-order valence-electron chi connectivity index (χ4n) is 2.54. The number of carbonyl (C=O) groups excluding carboxylic acids is 1. The van der Waals surface area contributed by atoms with Gasteiger partial charge in [0.1, 0.15) is 0 Å². The number of nitrogens with one attached hydrogen (secondary N) is 1. The molecule has 0 saturated heterocycles. The van der Waals surface area contributed by atoms with Crippen LogP contribution in [0.2, 0.25) is 0 Å². The zero-order valence-electron chi connectivity index (χ0n) is 16.9. The number of amides is 1. The Balaban J connectivity index is 2.30. The van der Waals surface area contributed by atoms with Crippen LogP contribution in [0.25, 0.3) is 6.08 Å². The van der Waals surface area contributed by atoms with E-state index in [2.05, 4.69) is 5.32 Å². The molecule has 6 nitrogen and oxygen atoms in total. The van der Waals surface area contributed by atoms with E-state index in [0.29, 0.717) is 5.69 Å². The molecule has 0 radical (unpaired) electrons. The second kappa shape index (κ2) is 8.88. The van der Waals surface area contributed by atoms with Crippen LogP contribution in [-0.2, 0) is 21.0 Å². The highest BCUT2D eigenvalue weighted by Gasteiger charge is 2.30. The predicted molar refractivity (Wildman–Crippen MR) is 111 cm³/mol. The van der Waals surface area contributed by atoms with Crippen molar-refractivity contribution >= 4 is 33.4 Å². The summed E-state index contributed by atoms with van der Waals surface area (Å²) in [4.78, 5) is 14.0. The Morgan fingerprint density at radius 3 is 2.27 bits per heavy atom. The van der Waals surface area contributed by atoms with Gasteiger partial charge in [0.25, 0.3) is 0 Å². The standard InChI is InChI=1S/C20H22F3N3O3S/c1-25(2)18-10-9-16(30(28,29)26(3)4)13-17(18)24-19(27)11-8-14-6-5-7-15(12-14)20(21,22)23/h5-13H,1-4H3,(H,24,27)/b11-8+. The summed E-state index contributed by atoms with van der Waals surface area (Å²) in [5, 5.41) is 2.59. The number of alkyl halides is 3. The second-order valence-electron chi connectivity index (χ2n) is 6.81. The topological polar surface area (TPSA) is 69.7 Å². The Morgan fingerprint density at radius 1 is 1.03 bits per heavy atom. The molecular weight excluding hydrogens is 419 g/mol. The lowest BCUT2D eigenvalue weighted by Gasteiger charge is -2.19. The summed E-state index contributed by atoms with van der Waals surface area (Å²) in [7, 11) is 2.53. The van der Waals surface area contributed by atoms with E-state index in [1.807, 2.05) is 0 Å². The third kappa shape index (κ3) is 5.61. The Hall–Kier alpha value is -2.85. The number of hydrogen-bond donors (Lipinski definition) is 1. The number of hydrogen-bond acceptors (Lipinski definition) is 4. The Bertz CT molecular complexity index is 1060. The van der Waals surface area contributed by atoms with Gasteiger partial charge in [-0.25, -0.2) is 12.7 Å². The average Bonchev–Trinajstić information content (AvgIpc) is 2.65. The summed E-state index contributed by atoms with van der Waals surface area (Å²) in [6, 6.07) is 8.88. The Morgan fingerprint density at radius 2 is 1.70 bits per heavy atom. The van der Waals surface area contributed by atoms with E-state index < -0.39 is 27.7 Å². The van der Waals surface area contributed by atoms with Gasteiger partial charge in [-0.3, -0.25) is 4.79 Å². The van der Waals surface area contributed by atoms with E-state index in [1.54, 1.807) is 25.1 Å². The van der Waals surface area contributed by atoms with Crippen LogP contribution in [0, 0.1) is 0 Å². The summed E-state index contributed by atoms with van der Waals surface area (Å²) >= 11 is 0. The number of halogens is 3. The lowest BCUT2D eigenvalue weighted by molar-refractivity contribution is -0.137. The van der Waals surface area contributed by atoms with Crippen LogP contribution < -0.4 is 10.2 Å². The molecule has 1 N–H and O–H groups in total. The van der Waals surface area contributed by atoms with Gasteiger partial charge < -0.3 is 10.2 Å². The van der Waals surface area contributed by atoms with E-state index in [1.165, 1.54) is 44.4 Å². The lowest BCUT2D eigenvalue weighted by atomic mass is 10.1. The minimum atomic E-state index is -4.48. The van der Waals surface area contributed by atoms with Crippen LogP contribution in [0.3, 0.4) is 0 Å². The molecule has 0 saturated carbocycles. The first kappa shape index (κ1) is 23.4. The molecule has 0 spiro atoms. The normalized spacial score (nSPS) is 12.4.